The van der Waals surface area contributed by atoms with E-state index in [0.29, 0.717) is 18.8 Å². The van der Waals surface area contributed by atoms with Gasteiger partial charge in [-0.25, -0.2) is 0 Å². The van der Waals surface area contributed by atoms with Crippen molar-refractivity contribution in [3.63, 3.8) is 0 Å². The topological polar surface area (TPSA) is 30.5 Å². The van der Waals surface area contributed by atoms with E-state index in [-0.39, 0.29) is 0 Å². The van der Waals surface area contributed by atoms with Gasteiger partial charge in [0.05, 0.1) is 12.7 Å². The molecule has 3 nitrogen and oxygen atoms in total. The van der Waals surface area contributed by atoms with Crippen molar-refractivity contribution in [2.75, 3.05) is 18.5 Å². The van der Waals surface area contributed by atoms with Gasteiger partial charge in [0.1, 0.15) is 5.75 Å². The SMILES string of the molecule is CCCC1CC(Nc2ccc(OCC)cc2)CCO1. The third-order valence-electron chi connectivity index (χ3n) is 3.51. The highest BCUT2D eigenvalue weighted by molar-refractivity contribution is 5.47. The van der Waals surface area contributed by atoms with E-state index in [4.69, 9.17) is 9.47 Å². The number of benzene rings is 1. The molecule has 0 saturated carbocycles. The third kappa shape index (κ3) is 4.43. The lowest BCUT2D eigenvalue weighted by Gasteiger charge is -2.30. The predicted molar refractivity (Wildman–Crippen MR) is 78.9 cm³/mol. The molecule has 1 aromatic carbocycles. The molecule has 2 unspecified atom stereocenters. The predicted octanol–water partition coefficient (Wildman–Crippen LogP) is 3.84. The fourth-order valence-corrected chi connectivity index (χ4v) is 2.58. The fraction of sp³-hybridized carbons (Fsp3) is 0.625. The smallest absolute Gasteiger partial charge is 0.119 e. The Labute approximate surface area is 116 Å². The van der Waals surface area contributed by atoms with Gasteiger partial charge in [0.2, 0.25) is 0 Å². The second kappa shape index (κ2) is 7.39. The monoisotopic (exact) mass is 263 g/mol. The van der Waals surface area contributed by atoms with Crippen molar-refractivity contribution < 1.29 is 9.47 Å². The lowest BCUT2D eigenvalue weighted by atomic mass is 10.00. The minimum Gasteiger partial charge on any atom is -0.494 e. The highest BCUT2D eigenvalue weighted by atomic mass is 16.5. The van der Waals surface area contributed by atoms with Crippen molar-refractivity contribution in [2.45, 2.75) is 51.7 Å². The maximum atomic E-state index is 5.78. The first-order chi connectivity index (χ1) is 9.31. The van der Waals surface area contributed by atoms with Crippen molar-refractivity contribution in [2.24, 2.45) is 0 Å². The van der Waals surface area contributed by atoms with Crippen LogP contribution in [-0.4, -0.2) is 25.4 Å². The average molecular weight is 263 g/mol. The van der Waals surface area contributed by atoms with Crippen LogP contribution in [0.1, 0.15) is 39.5 Å². The highest BCUT2D eigenvalue weighted by Gasteiger charge is 2.21. The van der Waals surface area contributed by atoms with Gasteiger partial charge in [0.25, 0.3) is 0 Å². The zero-order valence-electron chi connectivity index (χ0n) is 12.0. The average Bonchev–Trinajstić information content (AvgIpc) is 2.42. The summed E-state index contributed by atoms with van der Waals surface area (Å²) < 4.78 is 11.2. The van der Waals surface area contributed by atoms with Gasteiger partial charge in [-0.1, -0.05) is 13.3 Å². The first-order valence-electron chi connectivity index (χ1n) is 7.42. The largest absolute Gasteiger partial charge is 0.494 e. The summed E-state index contributed by atoms with van der Waals surface area (Å²) in [6, 6.07) is 8.76. The molecule has 19 heavy (non-hydrogen) atoms. The van der Waals surface area contributed by atoms with Crippen LogP contribution < -0.4 is 10.1 Å². The fourth-order valence-electron chi connectivity index (χ4n) is 2.58. The summed E-state index contributed by atoms with van der Waals surface area (Å²) in [5, 5.41) is 3.60. The summed E-state index contributed by atoms with van der Waals surface area (Å²) in [7, 11) is 0. The molecule has 1 aliphatic rings. The summed E-state index contributed by atoms with van der Waals surface area (Å²) >= 11 is 0. The normalized spacial score (nSPS) is 23.1. The molecule has 1 aliphatic heterocycles. The standard InChI is InChI=1S/C16H25NO2/c1-3-5-16-12-14(10-11-19-16)17-13-6-8-15(9-7-13)18-4-2/h6-9,14,16-17H,3-5,10-12H2,1-2H3. The van der Waals surface area contributed by atoms with Crippen molar-refractivity contribution in [3.05, 3.63) is 24.3 Å². The van der Waals surface area contributed by atoms with Crippen molar-refractivity contribution in [3.8, 4) is 5.75 Å². The van der Waals surface area contributed by atoms with Crippen molar-refractivity contribution >= 4 is 5.69 Å². The zero-order chi connectivity index (χ0) is 13.5. The van der Waals surface area contributed by atoms with Crippen LogP contribution in [0.3, 0.4) is 0 Å². The molecular weight excluding hydrogens is 238 g/mol. The van der Waals surface area contributed by atoms with Gasteiger partial charge in [-0.15, -0.1) is 0 Å². The van der Waals surface area contributed by atoms with E-state index in [9.17, 15) is 0 Å². The van der Waals surface area contributed by atoms with Crippen molar-refractivity contribution in [1.29, 1.82) is 0 Å². The number of ether oxygens (including phenoxy) is 2. The number of anilines is 1. The maximum absolute atomic E-state index is 5.78. The second-order valence-corrected chi connectivity index (χ2v) is 5.10. The Morgan fingerprint density at radius 1 is 1.26 bits per heavy atom. The van der Waals surface area contributed by atoms with Crippen LogP contribution in [-0.2, 0) is 4.74 Å². The first-order valence-corrected chi connectivity index (χ1v) is 7.42. The van der Waals surface area contributed by atoms with Crippen LogP contribution in [0.2, 0.25) is 0 Å². The molecule has 2 rings (SSSR count). The third-order valence-corrected chi connectivity index (χ3v) is 3.51. The molecule has 1 heterocycles. The van der Waals surface area contributed by atoms with Crippen molar-refractivity contribution in [1.82, 2.24) is 0 Å². The quantitative estimate of drug-likeness (QED) is 0.845. The van der Waals surface area contributed by atoms with Gasteiger partial charge < -0.3 is 14.8 Å². The summed E-state index contributed by atoms with van der Waals surface area (Å²) in [6.07, 6.45) is 5.00. The van der Waals surface area contributed by atoms with E-state index in [0.717, 1.165) is 25.2 Å². The molecule has 3 heteroatoms. The summed E-state index contributed by atoms with van der Waals surface area (Å²) in [5.41, 5.74) is 1.17. The Morgan fingerprint density at radius 3 is 2.74 bits per heavy atom. The Bertz CT molecular complexity index is 362. The molecule has 2 atom stereocenters. The molecular formula is C16H25NO2. The minimum absolute atomic E-state index is 0.430. The van der Waals surface area contributed by atoms with E-state index in [1.165, 1.54) is 18.5 Å². The lowest BCUT2D eigenvalue weighted by Crippen LogP contribution is -2.33. The zero-order valence-corrected chi connectivity index (χ0v) is 12.0. The molecule has 0 radical (unpaired) electrons. The van der Waals surface area contributed by atoms with E-state index in [2.05, 4.69) is 24.4 Å². The lowest BCUT2D eigenvalue weighted by molar-refractivity contribution is 0.00598. The van der Waals surface area contributed by atoms with Crippen LogP contribution in [0.25, 0.3) is 0 Å². The molecule has 1 N–H and O–H groups in total. The van der Waals surface area contributed by atoms with Gasteiger partial charge >= 0.3 is 0 Å². The Kier molecular flexibility index (Phi) is 5.52. The molecule has 0 bridgehead atoms. The van der Waals surface area contributed by atoms with E-state index in [1.54, 1.807) is 0 Å². The minimum atomic E-state index is 0.430. The highest BCUT2D eigenvalue weighted by Crippen LogP contribution is 2.22. The van der Waals surface area contributed by atoms with E-state index < -0.39 is 0 Å². The maximum Gasteiger partial charge on any atom is 0.119 e. The van der Waals surface area contributed by atoms with Gasteiger partial charge in [-0.3, -0.25) is 0 Å². The van der Waals surface area contributed by atoms with Crippen LogP contribution in [0.15, 0.2) is 24.3 Å². The Balaban J connectivity index is 1.85. The van der Waals surface area contributed by atoms with E-state index in [1.807, 2.05) is 19.1 Å². The molecule has 0 aromatic heterocycles. The van der Waals surface area contributed by atoms with Crippen LogP contribution in [0.4, 0.5) is 5.69 Å². The molecule has 1 aromatic rings. The molecule has 1 fully saturated rings. The molecule has 106 valence electrons. The molecule has 0 amide bonds. The Hall–Kier alpha value is -1.22. The second-order valence-electron chi connectivity index (χ2n) is 5.10. The van der Waals surface area contributed by atoms with Gasteiger partial charge in [0.15, 0.2) is 0 Å². The Morgan fingerprint density at radius 2 is 2.05 bits per heavy atom. The molecule has 1 saturated heterocycles. The molecule has 0 spiro atoms. The number of nitrogens with one attached hydrogen (secondary N) is 1. The number of rotatable bonds is 6. The van der Waals surface area contributed by atoms with Gasteiger partial charge in [-0.05, 0) is 50.5 Å². The molecule has 0 aliphatic carbocycles. The first kappa shape index (κ1) is 14.2. The van der Waals surface area contributed by atoms with Crippen LogP contribution in [0, 0.1) is 0 Å². The number of hydrogen-bond donors (Lipinski definition) is 1. The van der Waals surface area contributed by atoms with E-state index >= 15 is 0 Å². The van der Waals surface area contributed by atoms with Crippen LogP contribution in [0.5, 0.6) is 5.75 Å². The van der Waals surface area contributed by atoms with Crippen LogP contribution >= 0.6 is 0 Å². The van der Waals surface area contributed by atoms with Gasteiger partial charge in [-0.2, -0.15) is 0 Å². The summed E-state index contributed by atoms with van der Waals surface area (Å²) in [4.78, 5) is 0. The summed E-state index contributed by atoms with van der Waals surface area (Å²) in [5.74, 6) is 0.934. The summed E-state index contributed by atoms with van der Waals surface area (Å²) in [6.45, 7) is 5.81. The van der Waals surface area contributed by atoms with Gasteiger partial charge in [0, 0.05) is 18.3 Å². The number of hydrogen-bond acceptors (Lipinski definition) is 3.